The monoisotopic (exact) mass is 414 g/mol. The number of hydrogen-bond donors (Lipinski definition) is 2. The van der Waals surface area contributed by atoms with Crippen molar-refractivity contribution in [2.24, 2.45) is 5.73 Å². The molecule has 0 fully saturated rings. The number of alkyl halides is 1. The summed E-state index contributed by atoms with van der Waals surface area (Å²) in [5, 5.41) is 14.6. The van der Waals surface area contributed by atoms with Crippen LogP contribution in [0.5, 0.6) is 0 Å². The van der Waals surface area contributed by atoms with Crippen LogP contribution < -0.4 is 10.6 Å². The maximum absolute atomic E-state index is 14.8. The second-order valence-corrected chi connectivity index (χ2v) is 8.24. The molecule has 0 saturated heterocycles. The minimum atomic E-state index is -1.53. The van der Waals surface area contributed by atoms with Crippen molar-refractivity contribution >= 4 is 17.4 Å². The van der Waals surface area contributed by atoms with E-state index in [1.54, 1.807) is 27.9 Å². The van der Waals surface area contributed by atoms with Gasteiger partial charge >= 0.3 is 0 Å². The summed E-state index contributed by atoms with van der Waals surface area (Å²) in [6, 6.07) is 3.37. The minimum absolute atomic E-state index is 0.0893. The van der Waals surface area contributed by atoms with E-state index < -0.39 is 17.7 Å². The number of nitrogens with two attached hydrogens (primary N) is 1. The van der Waals surface area contributed by atoms with Gasteiger partial charge in [0.2, 0.25) is 0 Å². The maximum atomic E-state index is 14.8. The van der Waals surface area contributed by atoms with Gasteiger partial charge in [0, 0.05) is 24.0 Å². The fourth-order valence-electron chi connectivity index (χ4n) is 3.19. The molecular weight excluding hydrogens is 387 g/mol. The van der Waals surface area contributed by atoms with Crippen LogP contribution >= 0.6 is 0 Å². The number of halogens is 1. The Balaban J connectivity index is 2.29. The van der Waals surface area contributed by atoms with E-state index in [2.05, 4.69) is 10.1 Å². The van der Waals surface area contributed by atoms with Gasteiger partial charge in [0.1, 0.15) is 11.9 Å². The number of carbonyl (C=O) groups excluding carboxylic acids is 1. The fraction of sp³-hybridized carbons (Fsp3) is 0.429. The molecule has 1 unspecified atom stereocenters. The van der Waals surface area contributed by atoms with E-state index in [1.807, 2.05) is 26.8 Å². The van der Waals surface area contributed by atoms with Crippen LogP contribution in [0.2, 0.25) is 0 Å². The summed E-state index contributed by atoms with van der Waals surface area (Å²) < 4.78 is 16.4. The van der Waals surface area contributed by atoms with Crippen LogP contribution in [0.1, 0.15) is 43.6 Å². The third-order valence-electron chi connectivity index (χ3n) is 4.96. The Bertz CT molecular complexity index is 1070. The van der Waals surface area contributed by atoms with Gasteiger partial charge in [-0.3, -0.25) is 9.78 Å². The number of aromatic nitrogens is 4. The molecule has 9 heteroatoms. The number of imidazole rings is 1. The van der Waals surface area contributed by atoms with E-state index in [9.17, 15) is 14.3 Å². The Morgan fingerprint density at radius 3 is 2.67 bits per heavy atom. The number of pyridine rings is 1. The zero-order chi connectivity index (χ0) is 22.2. The van der Waals surface area contributed by atoms with E-state index in [0.717, 1.165) is 5.56 Å². The first-order valence-electron chi connectivity index (χ1n) is 9.73. The number of aliphatic hydroxyl groups is 1. The molecular formula is C21H27FN6O2. The lowest BCUT2D eigenvalue weighted by Crippen LogP contribution is -2.45. The summed E-state index contributed by atoms with van der Waals surface area (Å²) in [5.74, 6) is -0.189. The number of carbonyl (C=O) groups is 1. The highest BCUT2D eigenvalue weighted by Gasteiger charge is 2.32. The Labute approximate surface area is 174 Å². The summed E-state index contributed by atoms with van der Waals surface area (Å²) >= 11 is 0. The van der Waals surface area contributed by atoms with Gasteiger partial charge in [-0.1, -0.05) is 0 Å². The first-order chi connectivity index (χ1) is 14.0. The molecule has 0 aliphatic carbocycles. The van der Waals surface area contributed by atoms with Crippen molar-refractivity contribution in [2.45, 2.75) is 52.4 Å². The predicted octanol–water partition coefficient (Wildman–Crippen LogP) is 2.52. The van der Waals surface area contributed by atoms with Crippen LogP contribution in [0.4, 0.5) is 10.2 Å². The Hall–Kier alpha value is -3.07. The molecule has 0 aliphatic rings. The number of primary amides is 1. The molecule has 1 amide bonds. The van der Waals surface area contributed by atoms with Crippen LogP contribution in [0, 0.1) is 6.92 Å². The van der Waals surface area contributed by atoms with Crippen LogP contribution in [0.3, 0.4) is 0 Å². The van der Waals surface area contributed by atoms with Crippen molar-refractivity contribution in [1.82, 2.24) is 19.6 Å². The molecule has 160 valence electrons. The number of amides is 1. The average Bonchev–Trinajstić information content (AvgIpc) is 3.02. The second-order valence-electron chi connectivity index (χ2n) is 8.24. The summed E-state index contributed by atoms with van der Waals surface area (Å²) in [7, 11) is 0. The van der Waals surface area contributed by atoms with Crippen molar-refractivity contribution in [3.63, 3.8) is 0 Å². The largest absolute Gasteiger partial charge is 0.387 e. The molecule has 3 heterocycles. The van der Waals surface area contributed by atoms with Crippen molar-refractivity contribution < 1.29 is 14.3 Å². The summed E-state index contributed by atoms with van der Waals surface area (Å²) in [5.41, 5.74) is 6.75. The Morgan fingerprint density at radius 2 is 2.07 bits per heavy atom. The number of nitrogens with zero attached hydrogens (tertiary/aromatic N) is 5. The molecule has 8 nitrogen and oxygen atoms in total. The molecule has 3 aromatic heterocycles. The number of rotatable bonds is 7. The second kappa shape index (κ2) is 7.98. The van der Waals surface area contributed by atoms with Gasteiger partial charge in [-0.05, 0) is 52.3 Å². The van der Waals surface area contributed by atoms with Crippen molar-refractivity contribution in [3.05, 3.63) is 41.9 Å². The molecule has 0 saturated carbocycles. The lowest BCUT2D eigenvalue weighted by Gasteiger charge is -2.33. The normalized spacial score (nSPS) is 13.1. The standard InChI is InChI=1S/C21H27FN6O2/c1-12(2)27(11-16(22)21(4,5)30)20-18(14-6-7-24-10-15(14)19(23)29)28-17(26-20)8-13(3)9-25-28/h6-10,12,16,30H,11H2,1-5H3,(H2,23,29). The third-order valence-corrected chi connectivity index (χ3v) is 4.96. The first-order valence-corrected chi connectivity index (χ1v) is 9.73. The van der Waals surface area contributed by atoms with Crippen molar-refractivity contribution in [2.75, 3.05) is 11.4 Å². The van der Waals surface area contributed by atoms with E-state index >= 15 is 0 Å². The number of aryl methyl sites for hydroxylation is 1. The van der Waals surface area contributed by atoms with Crippen molar-refractivity contribution in [1.29, 1.82) is 0 Å². The average molecular weight is 414 g/mol. The fourth-order valence-corrected chi connectivity index (χ4v) is 3.19. The van der Waals surface area contributed by atoms with Crippen LogP contribution in [0.25, 0.3) is 16.9 Å². The number of anilines is 1. The third kappa shape index (κ3) is 4.11. The van der Waals surface area contributed by atoms with Gasteiger partial charge in [-0.25, -0.2) is 13.9 Å². The van der Waals surface area contributed by atoms with Crippen LogP contribution in [-0.4, -0.2) is 55.0 Å². The van der Waals surface area contributed by atoms with E-state index in [-0.39, 0.29) is 18.2 Å². The molecule has 30 heavy (non-hydrogen) atoms. The lowest BCUT2D eigenvalue weighted by atomic mass is 10.0. The molecule has 0 spiro atoms. The highest BCUT2D eigenvalue weighted by Crippen LogP contribution is 2.35. The smallest absolute Gasteiger partial charge is 0.250 e. The summed E-state index contributed by atoms with van der Waals surface area (Å²) in [4.78, 5) is 22.5. The summed E-state index contributed by atoms with van der Waals surface area (Å²) in [6.45, 7) is 8.48. The SMILES string of the molecule is Cc1cnn2c(-c3ccncc3C(N)=O)c(N(CC(F)C(C)(C)O)C(C)C)nc2c1. The van der Waals surface area contributed by atoms with Crippen LogP contribution in [-0.2, 0) is 0 Å². The highest BCUT2D eigenvalue weighted by molar-refractivity contribution is 6.00. The van der Waals surface area contributed by atoms with Crippen LogP contribution in [0.15, 0.2) is 30.7 Å². The Kier molecular flexibility index (Phi) is 5.76. The zero-order valence-electron chi connectivity index (χ0n) is 17.8. The maximum Gasteiger partial charge on any atom is 0.250 e. The summed E-state index contributed by atoms with van der Waals surface area (Å²) in [6.07, 6.45) is 3.10. The molecule has 1 atom stereocenters. The molecule has 3 rings (SSSR count). The lowest BCUT2D eigenvalue weighted by molar-refractivity contribution is 0.0000672. The number of hydrogen-bond acceptors (Lipinski definition) is 6. The topological polar surface area (TPSA) is 110 Å². The Morgan fingerprint density at radius 1 is 1.37 bits per heavy atom. The van der Waals surface area contributed by atoms with Gasteiger partial charge in [-0.15, -0.1) is 0 Å². The van der Waals surface area contributed by atoms with E-state index in [4.69, 9.17) is 10.7 Å². The first kappa shape index (κ1) is 21.6. The van der Waals surface area contributed by atoms with Gasteiger partial charge < -0.3 is 15.7 Å². The molecule has 3 aromatic rings. The van der Waals surface area contributed by atoms with Gasteiger partial charge in [0.05, 0.1) is 23.9 Å². The van der Waals surface area contributed by atoms with E-state index in [1.165, 1.54) is 20.0 Å². The quantitative estimate of drug-likeness (QED) is 0.615. The molecule has 3 N–H and O–H groups in total. The van der Waals surface area contributed by atoms with Gasteiger partial charge in [-0.2, -0.15) is 5.10 Å². The molecule has 0 radical (unpaired) electrons. The molecule has 0 aliphatic heterocycles. The zero-order valence-corrected chi connectivity index (χ0v) is 17.8. The van der Waals surface area contributed by atoms with E-state index in [0.29, 0.717) is 22.7 Å². The highest BCUT2D eigenvalue weighted by atomic mass is 19.1. The van der Waals surface area contributed by atoms with Gasteiger partial charge in [0.25, 0.3) is 5.91 Å². The molecule has 0 bridgehead atoms. The van der Waals surface area contributed by atoms with Crippen molar-refractivity contribution in [3.8, 4) is 11.3 Å². The predicted molar refractivity (Wildman–Crippen MR) is 113 cm³/mol. The molecule has 0 aromatic carbocycles. The van der Waals surface area contributed by atoms with Gasteiger partial charge in [0.15, 0.2) is 11.5 Å². The number of fused-ring (bicyclic) bond motifs is 1. The minimum Gasteiger partial charge on any atom is -0.387 e.